The number of hydrogen-bond acceptors (Lipinski definition) is 1. The normalized spacial score (nSPS) is 16.6. The standard InChI is InChI=1S/C18H28O/c1-6-8-10-12-15(3)13-17(5)18(19)14-16(4)11-9-7-2/h6-10,12-13,15-16H,11,14H2,1-5H3/b8-6-,9-7-,12-10?,17-13+. The molecule has 0 rings (SSSR count). The number of carbonyl (C=O) groups is 1. The Labute approximate surface area is 118 Å². The third-order valence-electron chi connectivity index (χ3n) is 2.98. The lowest BCUT2D eigenvalue weighted by Gasteiger charge is -2.09. The minimum atomic E-state index is 0.267. The molecular weight excluding hydrogens is 232 g/mol. The lowest BCUT2D eigenvalue weighted by molar-refractivity contribution is -0.116. The fourth-order valence-electron chi connectivity index (χ4n) is 1.82. The van der Waals surface area contributed by atoms with Gasteiger partial charge in [0, 0.05) is 6.42 Å². The Morgan fingerprint density at radius 2 is 1.79 bits per heavy atom. The first kappa shape index (κ1) is 17.6. The average molecular weight is 260 g/mol. The van der Waals surface area contributed by atoms with Crippen molar-refractivity contribution in [2.75, 3.05) is 0 Å². The fraction of sp³-hybridized carbons (Fsp3) is 0.500. The van der Waals surface area contributed by atoms with E-state index in [0.717, 1.165) is 12.0 Å². The Morgan fingerprint density at radius 1 is 1.11 bits per heavy atom. The van der Waals surface area contributed by atoms with Crippen LogP contribution >= 0.6 is 0 Å². The smallest absolute Gasteiger partial charge is 0.158 e. The molecule has 1 heteroatoms. The summed E-state index contributed by atoms with van der Waals surface area (Å²) >= 11 is 0. The quantitative estimate of drug-likeness (QED) is 0.330. The zero-order chi connectivity index (χ0) is 14.7. The topological polar surface area (TPSA) is 17.1 Å². The summed E-state index contributed by atoms with van der Waals surface area (Å²) in [4.78, 5) is 12.1. The molecule has 1 nitrogen and oxygen atoms in total. The van der Waals surface area contributed by atoms with Gasteiger partial charge in [0.25, 0.3) is 0 Å². The average Bonchev–Trinajstić information content (AvgIpc) is 2.36. The van der Waals surface area contributed by atoms with Gasteiger partial charge in [-0.2, -0.15) is 0 Å². The minimum absolute atomic E-state index is 0.267. The monoisotopic (exact) mass is 260 g/mol. The van der Waals surface area contributed by atoms with Crippen LogP contribution in [0, 0.1) is 11.8 Å². The summed E-state index contributed by atoms with van der Waals surface area (Å²) < 4.78 is 0. The van der Waals surface area contributed by atoms with Crippen molar-refractivity contribution < 1.29 is 4.79 Å². The van der Waals surface area contributed by atoms with Gasteiger partial charge in [-0.05, 0) is 44.6 Å². The lowest BCUT2D eigenvalue weighted by atomic mass is 9.95. The van der Waals surface area contributed by atoms with Crippen LogP contribution in [-0.4, -0.2) is 5.78 Å². The highest BCUT2D eigenvalue weighted by atomic mass is 16.1. The number of carbonyl (C=O) groups excluding carboxylic acids is 1. The molecule has 0 aliphatic rings. The molecule has 0 heterocycles. The Kier molecular flexibility index (Phi) is 9.78. The lowest BCUT2D eigenvalue weighted by Crippen LogP contribution is -2.07. The maximum absolute atomic E-state index is 12.1. The van der Waals surface area contributed by atoms with E-state index in [9.17, 15) is 4.79 Å². The van der Waals surface area contributed by atoms with Crippen LogP contribution in [0.1, 0.15) is 47.5 Å². The second-order valence-corrected chi connectivity index (χ2v) is 5.16. The van der Waals surface area contributed by atoms with Gasteiger partial charge in [0.15, 0.2) is 5.78 Å². The van der Waals surface area contributed by atoms with Crippen LogP contribution in [0.3, 0.4) is 0 Å². The van der Waals surface area contributed by atoms with E-state index < -0.39 is 0 Å². The predicted molar refractivity (Wildman–Crippen MR) is 85.1 cm³/mol. The van der Waals surface area contributed by atoms with Crippen molar-refractivity contribution >= 4 is 5.78 Å². The molecule has 0 aromatic heterocycles. The Morgan fingerprint density at radius 3 is 2.37 bits per heavy atom. The molecule has 0 fully saturated rings. The summed E-state index contributed by atoms with van der Waals surface area (Å²) in [6.07, 6.45) is 15.9. The van der Waals surface area contributed by atoms with Crippen LogP contribution in [-0.2, 0) is 4.79 Å². The number of allylic oxidation sites excluding steroid dienone is 8. The summed E-state index contributed by atoms with van der Waals surface area (Å²) in [7, 11) is 0. The van der Waals surface area contributed by atoms with E-state index in [1.54, 1.807) is 0 Å². The molecule has 106 valence electrons. The molecule has 2 atom stereocenters. The molecule has 0 N–H and O–H groups in total. The van der Waals surface area contributed by atoms with Gasteiger partial charge in [0.2, 0.25) is 0 Å². The molecule has 0 spiro atoms. The van der Waals surface area contributed by atoms with Gasteiger partial charge < -0.3 is 0 Å². The molecule has 0 amide bonds. The molecule has 0 aliphatic carbocycles. The molecule has 0 aromatic carbocycles. The molecule has 2 unspecified atom stereocenters. The molecule has 0 bridgehead atoms. The van der Waals surface area contributed by atoms with E-state index in [0.29, 0.717) is 18.3 Å². The molecule has 0 radical (unpaired) electrons. The van der Waals surface area contributed by atoms with Gasteiger partial charge in [0.1, 0.15) is 0 Å². The molecule has 0 saturated heterocycles. The maximum atomic E-state index is 12.1. The van der Waals surface area contributed by atoms with Crippen LogP contribution < -0.4 is 0 Å². The highest BCUT2D eigenvalue weighted by Gasteiger charge is 2.10. The van der Waals surface area contributed by atoms with Crippen molar-refractivity contribution in [1.82, 2.24) is 0 Å². The van der Waals surface area contributed by atoms with Crippen LogP contribution in [0.4, 0.5) is 0 Å². The largest absolute Gasteiger partial charge is 0.295 e. The summed E-state index contributed by atoms with van der Waals surface area (Å²) in [5.74, 6) is 0.982. The van der Waals surface area contributed by atoms with E-state index >= 15 is 0 Å². The number of rotatable bonds is 8. The van der Waals surface area contributed by atoms with Crippen molar-refractivity contribution in [2.45, 2.75) is 47.5 Å². The zero-order valence-corrected chi connectivity index (χ0v) is 13.0. The first-order chi connectivity index (χ1) is 9.01. The van der Waals surface area contributed by atoms with Gasteiger partial charge in [-0.15, -0.1) is 0 Å². The van der Waals surface area contributed by atoms with Crippen LogP contribution in [0.25, 0.3) is 0 Å². The summed E-state index contributed by atoms with van der Waals surface area (Å²) in [5.41, 5.74) is 0.880. The third kappa shape index (κ3) is 9.24. The Balaban J connectivity index is 4.38. The van der Waals surface area contributed by atoms with Crippen molar-refractivity contribution in [3.63, 3.8) is 0 Å². The number of Topliss-reactive ketones (excluding diaryl/α,β-unsaturated/α-hetero) is 1. The van der Waals surface area contributed by atoms with Crippen molar-refractivity contribution in [3.8, 4) is 0 Å². The summed E-state index contributed by atoms with van der Waals surface area (Å²) in [6, 6.07) is 0. The van der Waals surface area contributed by atoms with E-state index in [4.69, 9.17) is 0 Å². The van der Waals surface area contributed by atoms with Crippen LogP contribution in [0.15, 0.2) is 48.1 Å². The first-order valence-electron chi connectivity index (χ1n) is 7.13. The second-order valence-electron chi connectivity index (χ2n) is 5.16. The maximum Gasteiger partial charge on any atom is 0.158 e. The molecular formula is C18H28O. The van der Waals surface area contributed by atoms with E-state index in [1.807, 2.05) is 51.2 Å². The fourth-order valence-corrected chi connectivity index (χ4v) is 1.82. The third-order valence-corrected chi connectivity index (χ3v) is 2.98. The summed E-state index contributed by atoms with van der Waals surface area (Å²) in [6.45, 7) is 10.1. The van der Waals surface area contributed by atoms with E-state index in [-0.39, 0.29) is 5.78 Å². The van der Waals surface area contributed by atoms with Gasteiger partial charge in [0.05, 0.1) is 0 Å². The highest BCUT2D eigenvalue weighted by molar-refractivity contribution is 5.94. The van der Waals surface area contributed by atoms with Gasteiger partial charge in [-0.3, -0.25) is 4.79 Å². The SMILES string of the molecule is C/C=C\C=CC(C)/C=C(\C)C(=O)CC(C)C/C=C\C. The molecule has 0 aromatic rings. The molecule has 0 aliphatic heterocycles. The Bertz CT molecular complexity index is 369. The highest BCUT2D eigenvalue weighted by Crippen LogP contribution is 2.14. The van der Waals surface area contributed by atoms with Gasteiger partial charge >= 0.3 is 0 Å². The minimum Gasteiger partial charge on any atom is -0.295 e. The van der Waals surface area contributed by atoms with Crippen molar-refractivity contribution in [3.05, 3.63) is 48.1 Å². The molecule has 19 heavy (non-hydrogen) atoms. The van der Waals surface area contributed by atoms with Crippen LogP contribution in [0.5, 0.6) is 0 Å². The zero-order valence-electron chi connectivity index (χ0n) is 13.0. The van der Waals surface area contributed by atoms with Crippen molar-refractivity contribution in [2.24, 2.45) is 11.8 Å². The Hall–Kier alpha value is -1.37. The second kappa shape index (κ2) is 10.5. The van der Waals surface area contributed by atoms with E-state index in [2.05, 4.69) is 26.0 Å². The van der Waals surface area contributed by atoms with Gasteiger partial charge in [-0.1, -0.05) is 56.4 Å². The van der Waals surface area contributed by atoms with Crippen LogP contribution in [0.2, 0.25) is 0 Å². The number of ketones is 1. The number of hydrogen-bond donors (Lipinski definition) is 0. The van der Waals surface area contributed by atoms with Crippen molar-refractivity contribution in [1.29, 1.82) is 0 Å². The molecule has 0 saturated carbocycles. The van der Waals surface area contributed by atoms with E-state index in [1.165, 1.54) is 0 Å². The summed E-state index contributed by atoms with van der Waals surface area (Å²) in [5, 5.41) is 0. The van der Waals surface area contributed by atoms with Gasteiger partial charge in [-0.25, -0.2) is 0 Å². The predicted octanol–water partition coefficient (Wildman–Crippen LogP) is 5.26. The first-order valence-corrected chi connectivity index (χ1v) is 7.13.